The number of unbranched alkanes of at least 4 members (excludes halogenated alkanes) is 1. The van der Waals surface area contributed by atoms with Gasteiger partial charge in [0.15, 0.2) is 0 Å². The van der Waals surface area contributed by atoms with Crippen LogP contribution >= 0.6 is 11.6 Å². The largest absolute Gasteiger partial charge is 0.367 e. The van der Waals surface area contributed by atoms with Gasteiger partial charge < -0.3 is 15.1 Å². The number of amides is 2. The van der Waals surface area contributed by atoms with Gasteiger partial charge in [-0.25, -0.2) is 0 Å². The predicted molar refractivity (Wildman–Crippen MR) is 97.8 cm³/mol. The van der Waals surface area contributed by atoms with E-state index < -0.39 is 11.7 Å². The van der Waals surface area contributed by atoms with Gasteiger partial charge in [-0.15, -0.1) is 0 Å². The van der Waals surface area contributed by atoms with Crippen LogP contribution in [0.25, 0.3) is 0 Å². The van der Waals surface area contributed by atoms with Crippen molar-refractivity contribution in [3.8, 4) is 0 Å². The van der Waals surface area contributed by atoms with Crippen LogP contribution < -0.4 is 10.2 Å². The van der Waals surface area contributed by atoms with Gasteiger partial charge in [-0.05, 0) is 18.6 Å². The third kappa shape index (κ3) is 5.46. The number of anilines is 1. The lowest BCUT2D eigenvalue weighted by molar-refractivity contribution is -0.139. The maximum atomic E-state index is 12.2. The van der Waals surface area contributed by atoms with Crippen molar-refractivity contribution in [2.45, 2.75) is 26.2 Å². The molecule has 1 N–H and O–H groups in total. The molecule has 2 rings (SSSR count). The molecule has 0 aromatic heterocycles. The maximum Gasteiger partial charge on any atom is 0.287 e. The van der Waals surface area contributed by atoms with Gasteiger partial charge in [-0.3, -0.25) is 14.4 Å². The van der Waals surface area contributed by atoms with Crippen molar-refractivity contribution in [1.82, 2.24) is 10.2 Å². The molecule has 1 fully saturated rings. The first kappa shape index (κ1) is 19.2. The Bertz CT molecular complexity index is 628. The number of rotatable bonds is 7. The summed E-state index contributed by atoms with van der Waals surface area (Å²) in [7, 11) is 0. The summed E-state index contributed by atoms with van der Waals surface area (Å²) in [5, 5.41) is 3.12. The fraction of sp³-hybridized carbons (Fsp3) is 0.500. The second-order valence-electron chi connectivity index (χ2n) is 6.03. The van der Waals surface area contributed by atoms with E-state index in [1.54, 1.807) is 4.90 Å². The monoisotopic (exact) mass is 365 g/mol. The smallest absolute Gasteiger partial charge is 0.287 e. The lowest BCUT2D eigenvalue weighted by atomic mass is 10.2. The number of ketones is 1. The van der Waals surface area contributed by atoms with Gasteiger partial charge in [0.1, 0.15) is 0 Å². The van der Waals surface area contributed by atoms with E-state index in [-0.39, 0.29) is 18.9 Å². The van der Waals surface area contributed by atoms with E-state index in [4.69, 9.17) is 11.6 Å². The molecule has 1 aromatic carbocycles. The molecule has 0 aliphatic carbocycles. The highest BCUT2D eigenvalue weighted by Gasteiger charge is 2.23. The topological polar surface area (TPSA) is 69.7 Å². The first-order valence-corrected chi connectivity index (χ1v) is 8.99. The molecule has 0 atom stereocenters. The molecule has 1 saturated heterocycles. The van der Waals surface area contributed by atoms with E-state index >= 15 is 0 Å². The molecule has 0 spiro atoms. The molecule has 1 aliphatic heterocycles. The Kier molecular flexibility index (Phi) is 7.25. The van der Waals surface area contributed by atoms with Crippen molar-refractivity contribution in [3.63, 3.8) is 0 Å². The van der Waals surface area contributed by atoms with Gasteiger partial charge in [0.25, 0.3) is 5.91 Å². The van der Waals surface area contributed by atoms with Crippen LogP contribution in [-0.2, 0) is 14.4 Å². The van der Waals surface area contributed by atoms with Gasteiger partial charge in [0, 0.05) is 32.6 Å². The average molecular weight is 366 g/mol. The summed E-state index contributed by atoms with van der Waals surface area (Å²) in [6, 6.07) is 7.63. The summed E-state index contributed by atoms with van der Waals surface area (Å²) in [6.45, 7) is 4.30. The van der Waals surface area contributed by atoms with Crippen LogP contribution in [0.2, 0.25) is 5.02 Å². The Morgan fingerprint density at radius 3 is 2.44 bits per heavy atom. The Morgan fingerprint density at radius 2 is 1.80 bits per heavy atom. The molecule has 136 valence electrons. The lowest BCUT2D eigenvalue weighted by Crippen LogP contribution is -2.51. The number of nitrogens with one attached hydrogen (secondary N) is 1. The van der Waals surface area contributed by atoms with Crippen LogP contribution in [0.3, 0.4) is 0 Å². The van der Waals surface area contributed by atoms with Crippen molar-refractivity contribution in [3.05, 3.63) is 29.3 Å². The van der Waals surface area contributed by atoms with Crippen molar-refractivity contribution in [2.24, 2.45) is 0 Å². The van der Waals surface area contributed by atoms with Gasteiger partial charge in [0.05, 0.1) is 17.3 Å². The number of carbonyl (C=O) groups excluding carboxylic acids is 3. The maximum absolute atomic E-state index is 12.2. The van der Waals surface area contributed by atoms with Gasteiger partial charge in [-0.2, -0.15) is 0 Å². The SMILES string of the molecule is CCCCC(=O)C(=O)NCC(=O)N1CCN(c2ccccc2Cl)CC1. The summed E-state index contributed by atoms with van der Waals surface area (Å²) >= 11 is 6.21. The van der Waals surface area contributed by atoms with Gasteiger partial charge >= 0.3 is 0 Å². The van der Waals surface area contributed by atoms with Crippen LogP contribution in [-0.4, -0.2) is 55.2 Å². The number of piperazine rings is 1. The Hall–Kier alpha value is -2.08. The molecule has 1 heterocycles. The number of hydrogen-bond acceptors (Lipinski definition) is 4. The standard InChI is InChI=1S/C18H24ClN3O3/c1-2-3-8-16(23)18(25)20-13-17(24)22-11-9-21(10-12-22)15-7-5-4-6-14(15)19/h4-7H,2-3,8-13H2,1H3,(H,20,25). The molecule has 2 amide bonds. The summed E-state index contributed by atoms with van der Waals surface area (Å²) in [4.78, 5) is 39.3. The molecule has 0 unspecified atom stereocenters. The first-order valence-electron chi connectivity index (χ1n) is 8.61. The van der Waals surface area contributed by atoms with Crippen molar-refractivity contribution >= 4 is 34.9 Å². The minimum Gasteiger partial charge on any atom is -0.367 e. The molecule has 0 radical (unpaired) electrons. The molecule has 0 saturated carbocycles. The quantitative estimate of drug-likeness (QED) is 0.749. The molecule has 7 heteroatoms. The number of carbonyl (C=O) groups is 3. The predicted octanol–water partition coefficient (Wildman–Crippen LogP) is 1.86. The molecule has 1 aromatic rings. The normalized spacial score (nSPS) is 14.3. The number of hydrogen-bond donors (Lipinski definition) is 1. The lowest BCUT2D eigenvalue weighted by Gasteiger charge is -2.36. The average Bonchev–Trinajstić information content (AvgIpc) is 2.64. The summed E-state index contributed by atoms with van der Waals surface area (Å²) < 4.78 is 0. The summed E-state index contributed by atoms with van der Waals surface area (Å²) in [5.74, 6) is -1.30. The Morgan fingerprint density at radius 1 is 1.12 bits per heavy atom. The fourth-order valence-corrected chi connectivity index (χ4v) is 2.98. The van der Waals surface area contributed by atoms with Gasteiger partial charge in [-0.1, -0.05) is 37.1 Å². The zero-order valence-electron chi connectivity index (χ0n) is 14.5. The third-order valence-electron chi connectivity index (χ3n) is 4.24. The minimum atomic E-state index is -0.670. The first-order chi connectivity index (χ1) is 12.0. The second kappa shape index (κ2) is 9.42. The highest BCUT2D eigenvalue weighted by Crippen LogP contribution is 2.25. The molecule has 1 aliphatic rings. The van der Waals surface area contributed by atoms with E-state index in [0.29, 0.717) is 37.6 Å². The van der Waals surface area contributed by atoms with Crippen LogP contribution in [0.4, 0.5) is 5.69 Å². The second-order valence-corrected chi connectivity index (χ2v) is 6.44. The summed E-state index contributed by atoms with van der Waals surface area (Å²) in [6.07, 6.45) is 1.77. The van der Waals surface area contributed by atoms with Crippen LogP contribution in [0.5, 0.6) is 0 Å². The van der Waals surface area contributed by atoms with Crippen LogP contribution in [0, 0.1) is 0 Å². The van der Waals surface area contributed by atoms with E-state index in [2.05, 4.69) is 10.2 Å². The highest BCUT2D eigenvalue weighted by atomic mass is 35.5. The van der Waals surface area contributed by atoms with Crippen molar-refractivity contribution in [2.75, 3.05) is 37.6 Å². The van der Waals surface area contributed by atoms with Crippen LogP contribution in [0.1, 0.15) is 26.2 Å². The zero-order valence-corrected chi connectivity index (χ0v) is 15.2. The Labute approximate surface area is 153 Å². The number of nitrogens with zero attached hydrogens (tertiary/aromatic N) is 2. The molecule has 6 nitrogen and oxygen atoms in total. The zero-order chi connectivity index (χ0) is 18.2. The molecule has 0 bridgehead atoms. The third-order valence-corrected chi connectivity index (χ3v) is 4.56. The number of halogens is 1. The van der Waals surface area contributed by atoms with E-state index in [9.17, 15) is 14.4 Å². The fourth-order valence-electron chi connectivity index (χ4n) is 2.72. The van der Waals surface area contributed by atoms with Gasteiger partial charge in [0.2, 0.25) is 11.7 Å². The summed E-state index contributed by atoms with van der Waals surface area (Å²) in [5.41, 5.74) is 0.964. The van der Waals surface area contributed by atoms with Crippen molar-refractivity contribution < 1.29 is 14.4 Å². The molecule has 25 heavy (non-hydrogen) atoms. The Balaban J connectivity index is 1.77. The minimum absolute atomic E-state index is 0.136. The highest BCUT2D eigenvalue weighted by molar-refractivity contribution is 6.36. The van der Waals surface area contributed by atoms with E-state index in [0.717, 1.165) is 12.1 Å². The number of para-hydroxylation sites is 1. The molecular weight excluding hydrogens is 342 g/mol. The van der Waals surface area contributed by atoms with Crippen LogP contribution in [0.15, 0.2) is 24.3 Å². The number of benzene rings is 1. The number of Topliss-reactive ketones (excluding diaryl/α,β-unsaturated/α-hetero) is 1. The molecular formula is C18H24ClN3O3. The van der Waals surface area contributed by atoms with E-state index in [1.165, 1.54) is 0 Å². The van der Waals surface area contributed by atoms with Crippen molar-refractivity contribution in [1.29, 1.82) is 0 Å². The van der Waals surface area contributed by atoms with E-state index in [1.807, 2.05) is 31.2 Å².